The lowest BCUT2D eigenvalue weighted by molar-refractivity contribution is 0.0954. The SMILES string of the molecule is O=C(NCCc1ccn(-c2ccccc2)n1)c1ccc(COc2ccccc2)cc1. The van der Waals surface area contributed by atoms with Crippen molar-refractivity contribution < 1.29 is 9.53 Å². The van der Waals surface area contributed by atoms with Gasteiger partial charge >= 0.3 is 0 Å². The van der Waals surface area contributed by atoms with Crippen LogP contribution in [0.3, 0.4) is 0 Å². The Labute approximate surface area is 175 Å². The summed E-state index contributed by atoms with van der Waals surface area (Å²) in [6, 6.07) is 29.1. The van der Waals surface area contributed by atoms with Gasteiger partial charge in [-0.25, -0.2) is 4.68 Å². The number of benzene rings is 3. The zero-order chi connectivity index (χ0) is 20.6. The normalized spacial score (nSPS) is 10.5. The predicted molar refractivity (Wildman–Crippen MR) is 117 cm³/mol. The lowest BCUT2D eigenvalue weighted by Gasteiger charge is -2.08. The molecule has 0 aliphatic rings. The molecule has 0 atom stereocenters. The fraction of sp³-hybridized carbons (Fsp3) is 0.120. The van der Waals surface area contributed by atoms with E-state index in [0.717, 1.165) is 22.7 Å². The molecule has 0 radical (unpaired) electrons. The van der Waals surface area contributed by atoms with Crippen LogP contribution in [-0.2, 0) is 13.0 Å². The summed E-state index contributed by atoms with van der Waals surface area (Å²) in [6.45, 7) is 0.999. The number of nitrogens with one attached hydrogen (secondary N) is 1. The van der Waals surface area contributed by atoms with E-state index in [4.69, 9.17) is 4.74 Å². The molecule has 1 N–H and O–H groups in total. The number of nitrogens with zero attached hydrogens (tertiary/aromatic N) is 2. The summed E-state index contributed by atoms with van der Waals surface area (Å²) in [5.41, 5.74) is 3.60. The minimum Gasteiger partial charge on any atom is -0.489 e. The van der Waals surface area contributed by atoms with Crippen LogP contribution in [-0.4, -0.2) is 22.2 Å². The second-order valence-electron chi connectivity index (χ2n) is 6.89. The fourth-order valence-electron chi connectivity index (χ4n) is 3.06. The highest BCUT2D eigenvalue weighted by Crippen LogP contribution is 2.12. The maximum atomic E-state index is 12.4. The van der Waals surface area contributed by atoms with E-state index < -0.39 is 0 Å². The molecule has 4 rings (SSSR count). The number of hydrogen-bond acceptors (Lipinski definition) is 3. The van der Waals surface area contributed by atoms with E-state index >= 15 is 0 Å². The topological polar surface area (TPSA) is 56.2 Å². The summed E-state index contributed by atoms with van der Waals surface area (Å²) in [5, 5.41) is 7.51. The molecule has 0 fully saturated rings. The molecule has 5 heteroatoms. The average molecular weight is 397 g/mol. The molecule has 0 bridgehead atoms. The van der Waals surface area contributed by atoms with Gasteiger partial charge in [0.15, 0.2) is 0 Å². The quantitative estimate of drug-likeness (QED) is 0.479. The van der Waals surface area contributed by atoms with Crippen molar-refractivity contribution in [2.75, 3.05) is 6.54 Å². The van der Waals surface area contributed by atoms with Gasteiger partial charge in [-0.15, -0.1) is 0 Å². The molecule has 30 heavy (non-hydrogen) atoms. The Hall–Kier alpha value is -3.86. The first kappa shape index (κ1) is 19.5. The van der Waals surface area contributed by atoms with Gasteiger partial charge in [-0.1, -0.05) is 48.5 Å². The highest BCUT2D eigenvalue weighted by Gasteiger charge is 2.07. The van der Waals surface area contributed by atoms with Crippen molar-refractivity contribution in [3.63, 3.8) is 0 Å². The van der Waals surface area contributed by atoms with Crippen molar-refractivity contribution in [1.29, 1.82) is 0 Å². The van der Waals surface area contributed by atoms with Crippen LogP contribution in [0, 0.1) is 0 Å². The van der Waals surface area contributed by atoms with Crippen LogP contribution in [0.15, 0.2) is 97.2 Å². The van der Waals surface area contributed by atoms with Gasteiger partial charge in [-0.05, 0) is 48.0 Å². The molecule has 3 aromatic carbocycles. The van der Waals surface area contributed by atoms with E-state index in [2.05, 4.69) is 10.4 Å². The van der Waals surface area contributed by atoms with Crippen LogP contribution in [0.1, 0.15) is 21.6 Å². The molecule has 150 valence electrons. The number of para-hydroxylation sites is 2. The first-order valence-corrected chi connectivity index (χ1v) is 9.93. The smallest absolute Gasteiger partial charge is 0.251 e. The average Bonchev–Trinajstić information content (AvgIpc) is 3.28. The number of rotatable bonds is 8. The monoisotopic (exact) mass is 397 g/mol. The van der Waals surface area contributed by atoms with Crippen molar-refractivity contribution in [2.45, 2.75) is 13.0 Å². The second kappa shape index (κ2) is 9.56. The van der Waals surface area contributed by atoms with Crippen LogP contribution in [0.2, 0.25) is 0 Å². The molecule has 1 amide bonds. The standard InChI is InChI=1S/C25H23N3O2/c29-25(21-13-11-20(12-14-21)19-30-24-9-5-2-6-10-24)26-17-15-22-16-18-28(27-22)23-7-3-1-4-8-23/h1-14,16,18H,15,17,19H2,(H,26,29). The van der Waals surface area contributed by atoms with Gasteiger partial charge in [0.05, 0.1) is 11.4 Å². The molecular weight excluding hydrogens is 374 g/mol. The molecule has 0 aliphatic heterocycles. The fourth-order valence-corrected chi connectivity index (χ4v) is 3.06. The molecule has 1 aromatic heterocycles. The van der Waals surface area contributed by atoms with Crippen LogP contribution in [0.25, 0.3) is 5.69 Å². The summed E-state index contributed by atoms with van der Waals surface area (Å²) < 4.78 is 7.57. The van der Waals surface area contributed by atoms with Crippen LogP contribution >= 0.6 is 0 Å². The minimum atomic E-state index is -0.0898. The van der Waals surface area contributed by atoms with Gasteiger partial charge in [-0.2, -0.15) is 5.10 Å². The lowest BCUT2D eigenvalue weighted by Crippen LogP contribution is -2.25. The number of carbonyl (C=O) groups is 1. The van der Waals surface area contributed by atoms with Crippen molar-refractivity contribution in [3.05, 3.63) is 114 Å². The van der Waals surface area contributed by atoms with Gasteiger partial charge < -0.3 is 10.1 Å². The molecule has 0 aliphatic carbocycles. The van der Waals surface area contributed by atoms with Crippen molar-refractivity contribution in [3.8, 4) is 11.4 Å². The van der Waals surface area contributed by atoms with E-state index in [-0.39, 0.29) is 5.91 Å². The number of ether oxygens (including phenoxy) is 1. The summed E-state index contributed by atoms with van der Waals surface area (Å²) in [6.07, 6.45) is 2.61. The van der Waals surface area contributed by atoms with Crippen LogP contribution in [0.4, 0.5) is 0 Å². The molecule has 4 aromatic rings. The Morgan fingerprint density at radius 1 is 0.867 bits per heavy atom. The third-order valence-electron chi connectivity index (χ3n) is 4.70. The van der Waals surface area contributed by atoms with E-state index in [1.165, 1.54) is 0 Å². The predicted octanol–water partition coefficient (Wildman–Crippen LogP) is 4.42. The number of amides is 1. The summed E-state index contributed by atoms with van der Waals surface area (Å²) in [5.74, 6) is 0.738. The van der Waals surface area contributed by atoms with Crippen LogP contribution < -0.4 is 10.1 Å². The highest BCUT2D eigenvalue weighted by atomic mass is 16.5. The number of aromatic nitrogens is 2. The number of hydrogen-bond donors (Lipinski definition) is 1. The second-order valence-corrected chi connectivity index (χ2v) is 6.89. The van der Waals surface area contributed by atoms with E-state index in [0.29, 0.717) is 25.1 Å². The van der Waals surface area contributed by atoms with Crippen LogP contribution in [0.5, 0.6) is 5.75 Å². The summed E-state index contributed by atoms with van der Waals surface area (Å²) in [7, 11) is 0. The Morgan fingerprint density at radius 2 is 1.57 bits per heavy atom. The van der Waals surface area contributed by atoms with Gasteiger partial charge in [-0.3, -0.25) is 4.79 Å². The summed E-state index contributed by atoms with van der Waals surface area (Å²) in [4.78, 5) is 12.4. The van der Waals surface area contributed by atoms with E-state index in [9.17, 15) is 4.79 Å². The third-order valence-corrected chi connectivity index (χ3v) is 4.70. The first-order valence-electron chi connectivity index (χ1n) is 9.93. The van der Waals surface area contributed by atoms with Gasteiger partial charge in [0, 0.05) is 24.7 Å². The number of carbonyl (C=O) groups excluding carboxylic acids is 1. The molecule has 0 saturated carbocycles. The van der Waals surface area contributed by atoms with Gasteiger partial charge in [0.1, 0.15) is 12.4 Å². The Morgan fingerprint density at radius 3 is 2.30 bits per heavy atom. The Bertz CT molecular complexity index is 1070. The maximum Gasteiger partial charge on any atom is 0.251 e. The zero-order valence-electron chi connectivity index (χ0n) is 16.6. The Kier molecular flexibility index (Phi) is 6.20. The zero-order valence-corrected chi connectivity index (χ0v) is 16.6. The molecule has 5 nitrogen and oxygen atoms in total. The molecule has 0 unspecified atom stereocenters. The van der Waals surface area contributed by atoms with E-state index in [1.54, 1.807) is 0 Å². The molecule has 1 heterocycles. The van der Waals surface area contributed by atoms with Crippen molar-refractivity contribution >= 4 is 5.91 Å². The third kappa shape index (κ3) is 5.14. The first-order chi connectivity index (χ1) is 14.8. The van der Waals surface area contributed by atoms with Gasteiger partial charge in [0.25, 0.3) is 5.91 Å². The lowest BCUT2D eigenvalue weighted by atomic mass is 10.1. The van der Waals surface area contributed by atoms with Gasteiger partial charge in [0.2, 0.25) is 0 Å². The molecule has 0 spiro atoms. The minimum absolute atomic E-state index is 0.0898. The Balaban J connectivity index is 1.25. The van der Waals surface area contributed by atoms with Crippen molar-refractivity contribution in [2.24, 2.45) is 0 Å². The molecule has 0 saturated heterocycles. The van der Waals surface area contributed by atoms with Crippen molar-refractivity contribution in [1.82, 2.24) is 15.1 Å². The van der Waals surface area contributed by atoms with E-state index in [1.807, 2.05) is 102 Å². The largest absolute Gasteiger partial charge is 0.489 e. The highest BCUT2D eigenvalue weighted by molar-refractivity contribution is 5.94. The summed E-state index contributed by atoms with van der Waals surface area (Å²) >= 11 is 0. The molecular formula is C25H23N3O2. The maximum absolute atomic E-state index is 12.4.